The second-order valence-electron chi connectivity index (χ2n) is 5.99. The van der Waals surface area contributed by atoms with Crippen LogP contribution >= 0.6 is 0 Å². The Labute approximate surface area is 181 Å². The minimum Gasteiger partial charge on any atom is -0.667 e. The Kier molecular flexibility index (Phi) is 12.1. The number of hydrogen-bond acceptors (Lipinski definition) is 5. The van der Waals surface area contributed by atoms with Crippen LogP contribution in [-0.2, 0) is 19.1 Å². The van der Waals surface area contributed by atoms with E-state index in [0.29, 0.717) is 13.0 Å². The molecule has 3 unspecified atom stereocenters. The first-order valence-corrected chi connectivity index (χ1v) is 8.15. The Bertz CT molecular complexity index is 444. The predicted molar refractivity (Wildman–Crippen MR) is 89.1 cm³/mol. The Morgan fingerprint density at radius 1 is 1.38 bits per heavy atom. The molecule has 5 atom stereocenters. The molecule has 1 aliphatic heterocycles. The summed E-state index contributed by atoms with van der Waals surface area (Å²) in [6.45, 7) is 7.41. The summed E-state index contributed by atoms with van der Waals surface area (Å²) in [7, 11) is 1.82. The van der Waals surface area contributed by atoms with E-state index >= 15 is 0 Å². The topological polar surface area (TPSA) is 79.6 Å². The molecule has 6 nitrogen and oxygen atoms in total. The van der Waals surface area contributed by atoms with E-state index in [0.717, 1.165) is 0 Å². The summed E-state index contributed by atoms with van der Waals surface area (Å²) < 4.78 is 10.6. The van der Waals surface area contributed by atoms with Gasteiger partial charge in [-0.15, -0.1) is 0 Å². The second-order valence-corrected chi connectivity index (χ2v) is 5.99. The summed E-state index contributed by atoms with van der Waals surface area (Å²) in [6.07, 6.45) is 4.09. The van der Waals surface area contributed by atoms with Crippen LogP contribution in [0.4, 0.5) is 0 Å². The molecule has 24 heavy (non-hydrogen) atoms. The molecule has 7 heteroatoms. The number of likely N-dealkylation sites (tertiary alicyclic amines) is 1. The molecule has 1 rings (SSSR count). The van der Waals surface area contributed by atoms with Crippen molar-refractivity contribution < 1.29 is 63.1 Å². The summed E-state index contributed by atoms with van der Waals surface area (Å²) in [5.74, 6) is -0.188. The number of carbonyl (C=O) groups is 2. The van der Waals surface area contributed by atoms with Gasteiger partial charge in [-0.25, -0.2) is 0 Å². The maximum atomic E-state index is 12.3. The van der Waals surface area contributed by atoms with Gasteiger partial charge in [0, 0.05) is 56.7 Å². The van der Waals surface area contributed by atoms with Crippen LogP contribution in [-0.4, -0.2) is 61.1 Å². The summed E-state index contributed by atoms with van der Waals surface area (Å²) in [5, 5.41) is 0. The number of nitrogens with one attached hydrogen (secondary N) is 1. The number of rotatable bonds is 9. The van der Waals surface area contributed by atoms with Gasteiger partial charge in [-0.05, 0) is 47.1 Å². The van der Waals surface area contributed by atoms with Gasteiger partial charge >= 0.3 is 0 Å². The molecular weight excluding hydrogens is 523 g/mol. The van der Waals surface area contributed by atoms with Gasteiger partial charge in [0.2, 0.25) is 0 Å². The summed E-state index contributed by atoms with van der Waals surface area (Å²) in [6, 6.07) is -1.48. The molecule has 0 aromatic heterocycles. The Hall–Kier alpha value is 0.362. The first-order valence-electron chi connectivity index (χ1n) is 8.15. The fourth-order valence-electron chi connectivity index (χ4n) is 3.21. The van der Waals surface area contributed by atoms with Crippen molar-refractivity contribution in [1.29, 1.82) is 0 Å². The maximum Gasteiger partial charge on any atom is 0.155 e. The molecule has 0 aromatic carbocycles. The molecule has 1 heterocycles. The zero-order valence-corrected chi connectivity index (χ0v) is 20.1. The molecule has 1 radical (unpaired) electrons. The molecule has 0 bridgehead atoms. The number of nitrogens with zero attached hydrogens (tertiary/aromatic N) is 1. The summed E-state index contributed by atoms with van der Waals surface area (Å²) >= 11 is 0. The molecule has 0 aromatic rings. The summed E-state index contributed by atoms with van der Waals surface area (Å²) in [4.78, 5) is 26.0. The number of allylic oxidation sites excluding steroid dienone is 1. The van der Waals surface area contributed by atoms with Crippen LogP contribution in [0.5, 0.6) is 0 Å². The zero-order valence-electron chi connectivity index (χ0n) is 15.3. The Morgan fingerprint density at radius 2 is 2.00 bits per heavy atom. The molecule has 0 saturated carbocycles. The monoisotopic (exact) mass is 552 g/mol. The van der Waals surface area contributed by atoms with Crippen LogP contribution < -0.4 is 0 Å². The normalized spacial score (nSPS) is 27.0. The third kappa shape index (κ3) is 6.59. The van der Waals surface area contributed by atoms with Crippen LogP contribution in [0.15, 0.2) is 12.2 Å². The van der Waals surface area contributed by atoms with Crippen LogP contribution in [0, 0.1) is 50.0 Å². The molecular formula is C17H29AcN2O4-. The number of Topliss-reactive ketones (excluding diaryl/α,β-unsaturated/α-hetero) is 2. The number of likely N-dealkylation sites (N-methyl/N-ethyl adjacent to an activating group) is 1. The first-order chi connectivity index (χ1) is 10.8. The van der Waals surface area contributed by atoms with Crippen molar-refractivity contribution >= 4 is 11.6 Å². The quantitative estimate of drug-likeness (QED) is 0.324. The van der Waals surface area contributed by atoms with Crippen molar-refractivity contribution in [3.8, 4) is 0 Å². The van der Waals surface area contributed by atoms with Crippen molar-refractivity contribution in [2.45, 2.75) is 58.5 Å². The van der Waals surface area contributed by atoms with Gasteiger partial charge in [-0.2, -0.15) is 0 Å². The van der Waals surface area contributed by atoms with Gasteiger partial charge in [0.05, 0.1) is 6.04 Å². The van der Waals surface area contributed by atoms with Gasteiger partial charge in [0.15, 0.2) is 6.29 Å². The van der Waals surface area contributed by atoms with Crippen molar-refractivity contribution in [3.05, 3.63) is 17.9 Å². The molecule has 1 saturated heterocycles. The van der Waals surface area contributed by atoms with E-state index in [2.05, 4.69) is 0 Å². The zero-order chi connectivity index (χ0) is 17.6. The van der Waals surface area contributed by atoms with Crippen LogP contribution in [0.25, 0.3) is 5.73 Å². The van der Waals surface area contributed by atoms with Crippen molar-refractivity contribution in [2.75, 3.05) is 20.3 Å². The number of carbonyl (C=O) groups excluding carboxylic acids is 2. The standard InChI is InChI=1S/C17H29N2O4.Ac/c1-6-8-13-9-14(11(3)20)19(5)17(13)16(18)15(21)10-23-12(4)22-7-2;/h6,8,12-14,16-18H,7,9-10H2,1-5H3;/q-1;/b8-6-;/t12?,13-,14-,16?,17?;/m1./s1. The van der Waals surface area contributed by atoms with Gasteiger partial charge in [0.1, 0.15) is 18.2 Å². The van der Waals surface area contributed by atoms with Gasteiger partial charge in [-0.1, -0.05) is 18.2 Å². The SMILES string of the molecule is C/C=C\[C@@H]1C[C@H](C(C)=O)N(C)C1C([NH-])C(=O)COC(C)OCC.[Ac]. The summed E-state index contributed by atoms with van der Waals surface area (Å²) in [5.41, 5.74) is 8.33. The molecule has 1 fully saturated rings. The van der Waals surface area contributed by atoms with E-state index in [9.17, 15) is 9.59 Å². The minimum atomic E-state index is -0.945. The third-order valence-electron chi connectivity index (χ3n) is 4.35. The minimum absolute atomic E-state index is 0. The van der Waals surface area contributed by atoms with Gasteiger partial charge < -0.3 is 15.2 Å². The van der Waals surface area contributed by atoms with E-state index < -0.39 is 12.3 Å². The molecule has 135 valence electrons. The largest absolute Gasteiger partial charge is 0.667 e. The number of ketones is 2. The van der Waals surface area contributed by atoms with E-state index in [-0.39, 0.29) is 80.2 Å². The van der Waals surface area contributed by atoms with Crippen LogP contribution in [0.2, 0.25) is 0 Å². The Balaban J connectivity index is 0.00000529. The molecule has 1 N–H and O–H groups in total. The van der Waals surface area contributed by atoms with Crippen LogP contribution in [0.3, 0.4) is 0 Å². The number of ether oxygens (including phenoxy) is 2. The fourth-order valence-corrected chi connectivity index (χ4v) is 3.21. The van der Waals surface area contributed by atoms with Crippen molar-refractivity contribution in [2.24, 2.45) is 5.92 Å². The van der Waals surface area contributed by atoms with E-state index in [4.69, 9.17) is 15.2 Å². The number of hydrogen-bond donors (Lipinski definition) is 0. The Morgan fingerprint density at radius 3 is 2.50 bits per heavy atom. The molecule has 0 spiro atoms. The average Bonchev–Trinajstić information content (AvgIpc) is 2.81. The van der Waals surface area contributed by atoms with E-state index in [1.807, 2.05) is 37.9 Å². The molecule has 0 amide bonds. The van der Waals surface area contributed by atoms with Gasteiger partial charge in [-0.3, -0.25) is 14.5 Å². The molecule has 0 aliphatic carbocycles. The first kappa shape index (κ1) is 24.4. The van der Waals surface area contributed by atoms with Gasteiger partial charge in [0.25, 0.3) is 0 Å². The van der Waals surface area contributed by atoms with E-state index in [1.54, 1.807) is 13.8 Å². The average molecular weight is 552 g/mol. The second kappa shape index (κ2) is 11.9. The van der Waals surface area contributed by atoms with E-state index in [1.165, 1.54) is 0 Å². The van der Waals surface area contributed by atoms with Crippen molar-refractivity contribution in [3.63, 3.8) is 0 Å². The predicted octanol–water partition coefficient (Wildman–Crippen LogP) is 2.23. The smallest absolute Gasteiger partial charge is 0.155 e. The maximum absolute atomic E-state index is 12.3. The third-order valence-corrected chi connectivity index (χ3v) is 4.35. The van der Waals surface area contributed by atoms with Crippen LogP contribution in [0.1, 0.15) is 34.1 Å². The molecule has 1 aliphatic rings. The van der Waals surface area contributed by atoms with Crippen molar-refractivity contribution in [1.82, 2.24) is 4.90 Å². The fraction of sp³-hybridized carbons (Fsp3) is 0.765.